The number of nitrogens with one attached hydrogen (secondary N) is 1. The maximum Gasteiger partial charge on any atom is 0.229 e. The third kappa shape index (κ3) is 7.18. The summed E-state index contributed by atoms with van der Waals surface area (Å²) in [5.74, 6) is -0.963. The zero-order valence-corrected chi connectivity index (χ0v) is 26.1. The number of ether oxygens (including phenoxy) is 1. The fraction of sp³-hybridized carbons (Fsp3) is 0.472. The lowest BCUT2D eigenvalue weighted by Gasteiger charge is -2.43. The highest BCUT2D eigenvalue weighted by atomic mass is 19.1. The number of aryl methyl sites for hydroxylation is 1. The van der Waals surface area contributed by atoms with Crippen LogP contribution in [0.5, 0.6) is 0 Å². The molecular formula is C36H46FN3O3. The molecule has 3 aromatic carbocycles. The molecule has 2 fully saturated rings. The first-order valence-corrected chi connectivity index (χ1v) is 15.5. The van der Waals surface area contributed by atoms with Gasteiger partial charge in [0.1, 0.15) is 12.0 Å². The van der Waals surface area contributed by atoms with Gasteiger partial charge in [-0.05, 0) is 72.6 Å². The van der Waals surface area contributed by atoms with Gasteiger partial charge in [0.2, 0.25) is 5.91 Å². The number of halogens is 1. The van der Waals surface area contributed by atoms with Crippen LogP contribution in [0, 0.1) is 18.7 Å². The topological polar surface area (TPSA) is 65.0 Å². The van der Waals surface area contributed by atoms with Crippen molar-refractivity contribution in [1.29, 1.82) is 0 Å². The van der Waals surface area contributed by atoms with E-state index in [9.17, 15) is 9.90 Å². The van der Waals surface area contributed by atoms with Crippen molar-refractivity contribution in [3.8, 4) is 0 Å². The van der Waals surface area contributed by atoms with E-state index in [4.69, 9.17) is 4.74 Å². The van der Waals surface area contributed by atoms with E-state index in [0.29, 0.717) is 31.0 Å². The molecule has 2 aliphatic heterocycles. The molecule has 2 N–H and O–H groups in total. The molecule has 1 amide bonds. The van der Waals surface area contributed by atoms with E-state index >= 15 is 4.39 Å². The van der Waals surface area contributed by atoms with Gasteiger partial charge in [-0.25, -0.2) is 4.39 Å². The third-order valence-corrected chi connectivity index (χ3v) is 9.06. The van der Waals surface area contributed by atoms with Gasteiger partial charge in [0.15, 0.2) is 0 Å². The van der Waals surface area contributed by atoms with E-state index in [1.165, 1.54) is 11.6 Å². The first kappa shape index (κ1) is 31.3. The van der Waals surface area contributed by atoms with E-state index < -0.39 is 24.0 Å². The van der Waals surface area contributed by atoms with Gasteiger partial charge in [0.25, 0.3) is 0 Å². The minimum Gasteiger partial charge on any atom is -0.379 e. The number of aliphatic hydroxyl groups excluding tert-OH is 1. The van der Waals surface area contributed by atoms with Crippen LogP contribution in [0.2, 0.25) is 0 Å². The molecule has 43 heavy (non-hydrogen) atoms. The molecule has 4 atom stereocenters. The molecule has 0 bridgehead atoms. The molecule has 0 saturated carbocycles. The molecule has 6 nitrogen and oxygen atoms in total. The lowest BCUT2D eigenvalue weighted by molar-refractivity contribution is -0.128. The molecule has 5 rings (SSSR count). The Balaban J connectivity index is 1.46. The maximum absolute atomic E-state index is 15.1. The Bertz CT molecular complexity index is 1380. The highest BCUT2D eigenvalue weighted by Crippen LogP contribution is 2.42. The molecule has 3 unspecified atom stereocenters. The van der Waals surface area contributed by atoms with Gasteiger partial charge in [0, 0.05) is 43.0 Å². The summed E-state index contributed by atoms with van der Waals surface area (Å²) >= 11 is 0. The monoisotopic (exact) mass is 587 g/mol. The molecule has 3 aromatic rings. The number of likely N-dealkylation sites (tertiary alicyclic amines) is 1. The standard InChI is InChI=1S/C36H46FN3O3/c1-24-9-6-13-31(37)32(24)35(42)40-18-8-12-30(34(41)38-29-11-7-10-28(21-29)36(3,4)5)33(40)27-16-14-26(15-17-27)22-39-19-20-43-23-25(39)2/h6-7,9-11,13-17,21,25,30,33,35,42H,8,12,18-20,22-23H2,1-5H3,(H,38,41)/t25-,30?,33?,35?/m0/s1. The number of nitrogens with zero attached hydrogens (tertiary/aromatic N) is 2. The highest BCUT2D eigenvalue weighted by molar-refractivity contribution is 5.93. The zero-order valence-electron chi connectivity index (χ0n) is 26.1. The summed E-state index contributed by atoms with van der Waals surface area (Å²) in [5.41, 5.74) is 4.93. The fourth-order valence-electron chi connectivity index (χ4n) is 6.48. The number of amides is 1. The van der Waals surface area contributed by atoms with Crippen LogP contribution in [-0.4, -0.2) is 53.2 Å². The van der Waals surface area contributed by atoms with Crippen LogP contribution in [0.4, 0.5) is 10.1 Å². The van der Waals surface area contributed by atoms with E-state index in [2.05, 4.69) is 68.2 Å². The van der Waals surface area contributed by atoms with Crippen molar-refractivity contribution < 1.29 is 19.0 Å². The number of benzene rings is 3. The van der Waals surface area contributed by atoms with Crippen LogP contribution >= 0.6 is 0 Å². The minimum atomic E-state index is -1.18. The molecule has 2 aliphatic rings. The Labute approximate surface area is 255 Å². The van der Waals surface area contributed by atoms with Crippen molar-refractivity contribution in [3.05, 3.63) is 100 Å². The second kappa shape index (κ2) is 13.3. The van der Waals surface area contributed by atoms with Gasteiger partial charge in [-0.1, -0.05) is 69.3 Å². The fourth-order valence-corrected chi connectivity index (χ4v) is 6.48. The van der Waals surface area contributed by atoms with Gasteiger partial charge in [0.05, 0.1) is 19.1 Å². The normalized spacial score (nSPS) is 22.7. The highest BCUT2D eigenvalue weighted by Gasteiger charge is 2.41. The van der Waals surface area contributed by atoms with E-state index in [1.54, 1.807) is 6.07 Å². The molecule has 7 heteroatoms. The number of anilines is 1. The molecule has 0 spiro atoms. The largest absolute Gasteiger partial charge is 0.379 e. The summed E-state index contributed by atoms with van der Waals surface area (Å²) in [6, 6.07) is 21.2. The van der Waals surface area contributed by atoms with Gasteiger partial charge in [-0.15, -0.1) is 0 Å². The summed E-state index contributed by atoms with van der Waals surface area (Å²) in [7, 11) is 0. The molecule has 230 valence electrons. The first-order valence-electron chi connectivity index (χ1n) is 15.5. The third-order valence-electron chi connectivity index (χ3n) is 9.06. The van der Waals surface area contributed by atoms with Crippen LogP contribution < -0.4 is 5.32 Å². The summed E-state index contributed by atoms with van der Waals surface area (Å²) in [4.78, 5) is 18.3. The van der Waals surface area contributed by atoms with Crippen LogP contribution in [-0.2, 0) is 21.5 Å². The molecule has 2 heterocycles. The molecule has 0 radical (unpaired) electrons. The SMILES string of the molecule is Cc1cccc(F)c1C(O)N1CCCC(C(=O)Nc2cccc(C(C)(C)C)c2)C1c1ccc(CN2CCOC[C@@H]2C)cc1. The minimum absolute atomic E-state index is 0.0482. The summed E-state index contributed by atoms with van der Waals surface area (Å²) in [6.07, 6.45) is 0.204. The number of piperidine rings is 1. The Morgan fingerprint density at radius 3 is 2.53 bits per heavy atom. The lowest BCUT2D eigenvalue weighted by Crippen LogP contribution is -2.45. The molecule has 0 aromatic heterocycles. The number of carbonyl (C=O) groups is 1. The van der Waals surface area contributed by atoms with Crippen molar-refractivity contribution in [2.24, 2.45) is 5.92 Å². The maximum atomic E-state index is 15.1. The number of hydrogen-bond acceptors (Lipinski definition) is 5. The van der Waals surface area contributed by atoms with Crippen molar-refractivity contribution in [2.45, 2.75) is 77.7 Å². The molecule has 2 saturated heterocycles. The lowest BCUT2D eigenvalue weighted by atomic mass is 9.82. The molecule has 0 aliphatic carbocycles. The van der Waals surface area contributed by atoms with E-state index in [0.717, 1.165) is 43.1 Å². The van der Waals surface area contributed by atoms with Crippen LogP contribution in [0.3, 0.4) is 0 Å². The number of rotatable bonds is 7. The van der Waals surface area contributed by atoms with Crippen molar-refractivity contribution >= 4 is 11.6 Å². The Hall–Kier alpha value is -3.10. The van der Waals surface area contributed by atoms with Gasteiger partial charge in [-0.3, -0.25) is 14.6 Å². The Morgan fingerprint density at radius 2 is 1.84 bits per heavy atom. The van der Waals surface area contributed by atoms with Crippen LogP contribution in [0.25, 0.3) is 0 Å². The number of aliphatic hydroxyl groups is 1. The Morgan fingerprint density at radius 1 is 1.09 bits per heavy atom. The van der Waals surface area contributed by atoms with Crippen molar-refractivity contribution in [3.63, 3.8) is 0 Å². The van der Waals surface area contributed by atoms with Crippen molar-refractivity contribution in [2.75, 3.05) is 31.6 Å². The van der Waals surface area contributed by atoms with Gasteiger partial charge >= 0.3 is 0 Å². The first-order chi connectivity index (χ1) is 20.5. The predicted molar refractivity (Wildman–Crippen MR) is 169 cm³/mol. The predicted octanol–water partition coefficient (Wildman–Crippen LogP) is 6.74. The average molecular weight is 588 g/mol. The summed E-state index contributed by atoms with van der Waals surface area (Å²) in [5, 5.41) is 14.9. The van der Waals surface area contributed by atoms with E-state index in [1.807, 2.05) is 36.1 Å². The Kier molecular flexibility index (Phi) is 9.67. The second-order valence-corrected chi connectivity index (χ2v) is 13.2. The summed E-state index contributed by atoms with van der Waals surface area (Å²) < 4.78 is 20.7. The van der Waals surface area contributed by atoms with E-state index in [-0.39, 0.29) is 16.9 Å². The number of carbonyl (C=O) groups excluding carboxylic acids is 1. The quantitative estimate of drug-likeness (QED) is 0.321. The number of hydrogen-bond donors (Lipinski definition) is 2. The van der Waals surface area contributed by atoms with Crippen LogP contribution in [0.15, 0.2) is 66.7 Å². The van der Waals surface area contributed by atoms with Crippen LogP contribution in [0.1, 0.15) is 80.6 Å². The summed E-state index contributed by atoms with van der Waals surface area (Å²) in [6.45, 7) is 14.2. The molecular weight excluding hydrogens is 541 g/mol. The number of morpholine rings is 1. The zero-order chi connectivity index (χ0) is 30.7. The smallest absolute Gasteiger partial charge is 0.229 e. The van der Waals surface area contributed by atoms with Gasteiger partial charge < -0.3 is 15.2 Å². The van der Waals surface area contributed by atoms with Gasteiger partial charge in [-0.2, -0.15) is 0 Å². The average Bonchev–Trinajstić information content (AvgIpc) is 2.98. The second-order valence-electron chi connectivity index (χ2n) is 13.2. The van der Waals surface area contributed by atoms with Crippen molar-refractivity contribution in [1.82, 2.24) is 9.80 Å².